The Bertz CT molecular complexity index is 402. The molecule has 0 saturated carbocycles. The highest BCUT2D eigenvalue weighted by Gasteiger charge is 2.15. The second-order valence-electron chi connectivity index (χ2n) is 6.77. The predicted molar refractivity (Wildman–Crippen MR) is 74.7 cm³/mol. The SMILES string of the molecule is CC(C)(C)CNc1cc(OC(C)(C)C)ccc1F. The van der Waals surface area contributed by atoms with E-state index in [4.69, 9.17) is 4.74 Å². The van der Waals surface area contributed by atoms with Crippen molar-refractivity contribution in [2.24, 2.45) is 5.41 Å². The van der Waals surface area contributed by atoms with Gasteiger partial charge in [0.1, 0.15) is 17.2 Å². The predicted octanol–water partition coefficient (Wildman–Crippen LogP) is 4.46. The zero-order valence-corrected chi connectivity index (χ0v) is 12.2. The van der Waals surface area contributed by atoms with Crippen LogP contribution >= 0.6 is 0 Å². The van der Waals surface area contributed by atoms with E-state index < -0.39 is 0 Å². The topological polar surface area (TPSA) is 21.3 Å². The quantitative estimate of drug-likeness (QED) is 0.858. The van der Waals surface area contributed by atoms with Gasteiger partial charge in [-0.3, -0.25) is 0 Å². The minimum Gasteiger partial charge on any atom is -0.488 e. The summed E-state index contributed by atoms with van der Waals surface area (Å²) in [4.78, 5) is 0. The van der Waals surface area contributed by atoms with Gasteiger partial charge in [-0.25, -0.2) is 4.39 Å². The minimum atomic E-state index is -0.279. The van der Waals surface area contributed by atoms with E-state index in [0.29, 0.717) is 18.0 Å². The maximum atomic E-state index is 13.7. The molecule has 102 valence electrons. The van der Waals surface area contributed by atoms with Crippen molar-refractivity contribution in [3.8, 4) is 5.75 Å². The van der Waals surface area contributed by atoms with Crippen LogP contribution in [0.25, 0.3) is 0 Å². The third kappa shape index (κ3) is 5.39. The lowest BCUT2D eigenvalue weighted by atomic mass is 9.97. The number of ether oxygens (including phenoxy) is 1. The number of rotatable bonds is 3. The first-order valence-corrected chi connectivity index (χ1v) is 6.29. The maximum absolute atomic E-state index is 13.7. The summed E-state index contributed by atoms with van der Waals surface area (Å²) in [6.07, 6.45) is 0. The molecule has 0 aliphatic carbocycles. The first-order chi connectivity index (χ1) is 8.07. The van der Waals surface area contributed by atoms with E-state index in [1.165, 1.54) is 6.07 Å². The summed E-state index contributed by atoms with van der Waals surface area (Å²) in [5.41, 5.74) is 0.318. The van der Waals surface area contributed by atoms with Crippen LogP contribution in [-0.2, 0) is 0 Å². The first kappa shape index (κ1) is 14.8. The molecule has 0 aliphatic heterocycles. The molecule has 0 radical (unpaired) electrons. The summed E-state index contributed by atoms with van der Waals surface area (Å²) >= 11 is 0. The van der Waals surface area contributed by atoms with Crippen LogP contribution in [0.15, 0.2) is 18.2 Å². The van der Waals surface area contributed by atoms with Crippen molar-refractivity contribution in [2.75, 3.05) is 11.9 Å². The molecule has 1 aromatic carbocycles. The Kier molecular flexibility index (Phi) is 4.25. The molecule has 0 heterocycles. The molecule has 0 spiro atoms. The van der Waals surface area contributed by atoms with Crippen LogP contribution in [0.4, 0.5) is 10.1 Å². The van der Waals surface area contributed by atoms with Gasteiger partial charge in [0, 0.05) is 12.6 Å². The van der Waals surface area contributed by atoms with Crippen LogP contribution in [0, 0.1) is 11.2 Å². The second kappa shape index (κ2) is 5.17. The molecule has 0 aliphatic rings. The Hall–Kier alpha value is -1.25. The van der Waals surface area contributed by atoms with E-state index in [1.54, 1.807) is 12.1 Å². The van der Waals surface area contributed by atoms with E-state index >= 15 is 0 Å². The summed E-state index contributed by atoms with van der Waals surface area (Å²) in [5.74, 6) is 0.431. The molecule has 2 nitrogen and oxygen atoms in total. The Morgan fingerprint density at radius 2 is 1.72 bits per heavy atom. The number of hydrogen-bond donors (Lipinski definition) is 1. The fraction of sp³-hybridized carbons (Fsp3) is 0.600. The summed E-state index contributed by atoms with van der Waals surface area (Å²) in [5, 5.41) is 3.12. The average Bonchev–Trinajstić information content (AvgIpc) is 2.15. The van der Waals surface area contributed by atoms with Gasteiger partial charge in [-0.05, 0) is 38.3 Å². The van der Waals surface area contributed by atoms with Gasteiger partial charge in [0.05, 0.1) is 5.69 Å². The molecule has 18 heavy (non-hydrogen) atoms. The van der Waals surface area contributed by atoms with Crippen LogP contribution in [0.5, 0.6) is 5.75 Å². The van der Waals surface area contributed by atoms with E-state index in [2.05, 4.69) is 26.1 Å². The monoisotopic (exact) mass is 253 g/mol. The van der Waals surface area contributed by atoms with Crippen molar-refractivity contribution in [1.29, 1.82) is 0 Å². The lowest BCUT2D eigenvalue weighted by Crippen LogP contribution is -2.23. The van der Waals surface area contributed by atoms with Gasteiger partial charge in [0.2, 0.25) is 0 Å². The van der Waals surface area contributed by atoms with Crippen molar-refractivity contribution >= 4 is 5.69 Å². The number of anilines is 1. The highest BCUT2D eigenvalue weighted by atomic mass is 19.1. The molecule has 0 saturated heterocycles. The van der Waals surface area contributed by atoms with Gasteiger partial charge >= 0.3 is 0 Å². The summed E-state index contributed by atoms with van der Waals surface area (Å²) in [7, 11) is 0. The molecule has 0 fully saturated rings. The molecule has 0 atom stereocenters. The maximum Gasteiger partial charge on any atom is 0.146 e. The van der Waals surface area contributed by atoms with Crippen molar-refractivity contribution in [3.63, 3.8) is 0 Å². The molecule has 1 rings (SSSR count). The summed E-state index contributed by atoms with van der Waals surface area (Å²) < 4.78 is 19.4. The smallest absolute Gasteiger partial charge is 0.146 e. The average molecular weight is 253 g/mol. The van der Waals surface area contributed by atoms with Crippen LogP contribution in [0.3, 0.4) is 0 Å². The van der Waals surface area contributed by atoms with Gasteiger partial charge in [-0.15, -0.1) is 0 Å². The van der Waals surface area contributed by atoms with Crippen molar-refractivity contribution < 1.29 is 9.13 Å². The molecule has 1 aromatic rings. The third-order valence-electron chi connectivity index (χ3n) is 2.17. The second-order valence-corrected chi connectivity index (χ2v) is 6.77. The Balaban J connectivity index is 2.82. The fourth-order valence-corrected chi connectivity index (χ4v) is 1.42. The molecule has 0 bridgehead atoms. The van der Waals surface area contributed by atoms with Crippen LogP contribution in [0.1, 0.15) is 41.5 Å². The van der Waals surface area contributed by atoms with Gasteiger partial charge in [-0.2, -0.15) is 0 Å². The summed E-state index contributed by atoms with van der Waals surface area (Å²) in [6, 6.07) is 4.81. The van der Waals surface area contributed by atoms with E-state index in [9.17, 15) is 4.39 Å². The number of benzene rings is 1. The van der Waals surface area contributed by atoms with Gasteiger partial charge in [0.15, 0.2) is 0 Å². The molecule has 0 unspecified atom stereocenters. The largest absolute Gasteiger partial charge is 0.488 e. The Labute approximate surface area is 110 Å². The standard InChI is InChI=1S/C15H24FNO/c1-14(2,3)10-17-13-9-11(7-8-12(13)16)18-15(4,5)6/h7-9,17H,10H2,1-6H3. The van der Waals surface area contributed by atoms with Crippen molar-refractivity contribution in [3.05, 3.63) is 24.0 Å². The first-order valence-electron chi connectivity index (χ1n) is 6.29. The molecular weight excluding hydrogens is 229 g/mol. The van der Waals surface area contributed by atoms with Gasteiger partial charge in [0.25, 0.3) is 0 Å². The normalized spacial score (nSPS) is 12.4. The highest BCUT2D eigenvalue weighted by Crippen LogP contribution is 2.25. The number of hydrogen-bond acceptors (Lipinski definition) is 2. The lowest BCUT2D eigenvalue weighted by molar-refractivity contribution is 0.131. The Morgan fingerprint density at radius 3 is 2.22 bits per heavy atom. The Morgan fingerprint density at radius 1 is 1.11 bits per heavy atom. The van der Waals surface area contributed by atoms with Crippen molar-refractivity contribution in [2.45, 2.75) is 47.1 Å². The zero-order chi connectivity index (χ0) is 14.0. The number of nitrogens with one attached hydrogen (secondary N) is 1. The number of halogens is 1. The van der Waals surface area contributed by atoms with Gasteiger partial charge < -0.3 is 10.1 Å². The zero-order valence-electron chi connectivity index (χ0n) is 12.2. The lowest BCUT2D eigenvalue weighted by Gasteiger charge is -2.23. The summed E-state index contributed by atoms with van der Waals surface area (Å²) in [6.45, 7) is 12.9. The molecule has 0 amide bonds. The van der Waals surface area contributed by atoms with Crippen molar-refractivity contribution in [1.82, 2.24) is 0 Å². The fourth-order valence-electron chi connectivity index (χ4n) is 1.42. The highest BCUT2D eigenvalue weighted by molar-refractivity contribution is 5.49. The van der Waals surface area contributed by atoms with E-state index in [1.807, 2.05) is 20.8 Å². The van der Waals surface area contributed by atoms with E-state index in [0.717, 1.165) is 0 Å². The molecule has 0 aromatic heterocycles. The van der Waals surface area contributed by atoms with Gasteiger partial charge in [-0.1, -0.05) is 20.8 Å². The third-order valence-corrected chi connectivity index (χ3v) is 2.17. The van der Waals surface area contributed by atoms with Crippen LogP contribution in [0.2, 0.25) is 0 Å². The minimum absolute atomic E-state index is 0.104. The van der Waals surface area contributed by atoms with Crippen LogP contribution in [-0.4, -0.2) is 12.1 Å². The van der Waals surface area contributed by atoms with E-state index in [-0.39, 0.29) is 16.8 Å². The molecular formula is C15H24FNO. The van der Waals surface area contributed by atoms with Crippen LogP contribution < -0.4 is 10.1 Å². The molecule has 3 heteroatoms. The molecule has 1 N–H and O–H groups in total.